The predicted molar refractivity (Wildman–Crippen MR) is 102 cm³/mol. The Kier molecular flexibility index (Phi) is 5.50. The molecule has 0 aliphatic heterocycles. The van der Waals surface area contributed by atoms with Crippen LogP contribution >= 0.6 is 0 Å². The van der Waals surface area contributed by atoms with Crippen molar-refractivity contribution in [2.75, 3.05) is 12.4 Å². The molecule has 1 aromatic heterocycles. The number of aromatic amines is 1. The molecule has 0 aliphatic rings. The van der Waals surface area contributed by atoms with E-state index >= 15 is 0 Å². The van der Waals surface area contributed by atoms with Gasteiger partial charge in [-0.25, -0.2) is 12.8 Å². The van der Waals surface area contributed by atoms with Gasteiger partial charge in [-0.15, -0.1) is 0 Å². The number of rotatable bonds is 5. The second-order valence-electron chi connectivity index (χ2n) is 6.45. The minimum atomic E-state index is -5.60. The molecule has 0 radical (unpaired) electrons. The van der Waals surface area contributed by atoms with E-state index in [4.69, 9.17) is 4.74 Å². The fourth-order valence-corrected chi connectivity index (χ4v) is 3.81. The van der Waals surface area contributed by atoms with Crippen LogP contribution in [0, 0.1) is 12.7 Å². The van der Waals surface area contributed by atoms with Gasteiger partial charge >= 0.3 is 5.51 Å². The van der Waals surface area contributed by atoms with E-state index in [0.29, 0.717) is 28.2 Å². The predicted octanol–water partition coefficient (Wildman–Crippen LogP) is 4.10. The lowest BCUT2D eigenvalue weighted by atomic mass is 10.1. The van der Waals surface area contributed by atoms with Gasteiger partial charge in [0.15, 0.2) is 0 Å². The Morgan fingerprint density at radius 1 is 1.17 bits per heavy atom. The van der Waals surface area contributed by atoms with Gasteiger partial charge in [0.05, 0.1) is 24.1 Å². The molecule has 3 aromatic rings. The maximum Gasteiger partial charge on any atom is 0.501 e. The summed E-state index contributed by atoms with van der Waals surface area (Å²) in [7, 11) is -4.39. The van der Waals surface area contributed by atoms with Crippen molar-refractivity contribution in [2.24, 2.45) is 0 Å². The number of H-pyrrole nitrogens is 1. The number of aryl methyl sites for hydroxylation is 1. The zero-order valence-corrected chi connectivity index (χ0v) is 16.5. The second kappa shape index (κ2) is 7.63. The standard InChI is InChI=1S/C19H16F4N2O4S/c1-10-13(14-7-11(20)3-5-15(14)24-10)9-18(26)25-16-8-12(4-6-17(16)29-2)30(27,28)19(21,22)23/h3-8,24H,9H2,1-2H3,(H,25,26). The van der Waals surface area contributed by atoms with E-state index in [0.717, 1.165) is 12.1 Å². The molecule has 0 atom stereocenters. The Labute approximate surface area is 168 Å². The molecule has 3 rings (SSSR count). The Hall–Kier alpha value is -3.08. The van der Waals surface area contributed by atoms with Crippen LogP contribution < -0.4 is 10.1 Å². The molecular formula is C19H16F4N2O4S. The number of alkyl halides is 3. The van der Waals surface area contributed by atoms with Gasteiger partial charge in [0.25, 0.3) is 9.84 Å². The van der Waals surface area contributed by atoms with Crippen molar-refractivity contribution in [1.82, 2.24) is 4.98 Å². The first-order valence-electron chi connectivity index (χ1n) is 8.50. The number of carbonyl (C=O) groups excluding carboxylic acids is 1. The van der Waals surface area contributed by atoms with Crippen molar-refractivity contribution < 1.29 is 35.5 Å². The Bertz CT molecular complexity index is 1230. The number of aromatic nitrogens is 1. The van der Waals surface area contributed by atoms with Crippen LogP contribution in [-0.2, 0) is 21.1 Å². The van der Waals surface area contributed by atoms with Crippen LogP contribution in [-0.4, -0.2) is 31.9 Å². The fourth-order valence-electron chi connectivity index (χ4n) is 3.02. The van der Waals surface area contributed by atoms with E-state index in [1.54, 1.807) is 6.92 Å². The first-order valence-corrected chi connectivity index (χ1v) is 9.98. The third-order valence-corrected chi connectivity index (χ3v) is 5.96. The van der Waals surface area contributed by atoms with Gasteiger partial charge in [-0.05, 0) is 48.9 Å². The van der Waals surface area contributed by atoms with Crippen LogP contribution in [0.2, 0.25) is 0 Å². The number of amides is 1. The monoisotopic (exact) mass is 444 g/mol. The molecule has 0 fully saturated rings. The quantitative estimate of drug-likeness (QED) is 0.580. The third-order valence-electron chi connectivity index (χ3n) is 4.48. The van der Waals surface area contributed by atoms with Gasteiger partial charge in [-0.1, -0.05) is 0 Å². The maximum atomic E-state index is 13.6. The molecule has 0 unspecified atom stereocenters. The number of methoxy groups -OCH3 is 1. The molecule has 2 N–H and O–H groups in total. The number of halogens is 4. The van der Waals surface area contributed by atoms with Crippen LogP contribution in [0.25, 0.3) is 10.9 Å². The number of benzene rings is 2. The number of hydrogen-bond donors (Lipinski definition) is 2. The van der Waals surface area contributed by atoms with Crippen LogP contribution in [0.15, 0.2) is 41.3 Å². The third kappa shape index (κ3) is 3.97. The highest BCUT2D eigenvalue weighted by molar-refractivity contribution is 7.92. The summed E-state index contributed by atoms with van der Waals surface area (Å²) >= 11 is 0. The maximum absolute atomic E-state index is 13.6. The molecule has 0 saturated carbocycles. The van der Waals surface area contributed by atoms with Crippen LogP contribution in [0.1, 0.15) is 11.3 Å². The molecule has 2 aromatic carbocycles. The largest absolute Gasteiger partial charge is 0.501 e. The lowest BCUT2D eigenvalue weighted by Crippen LogP contribution is -2.23. The summed E-state index contributed by atoms with van der Waals surface area (Å²) in [5.74, 6) is -1.16. The average molecular weight is 444 g/mol. The van der Waals surface area contributed by atoms with E-state index in [2.05, 4.69) is 10.3 Å². The first kappa shape index (κ1) is 21.6. The van der Waals surface area contributed by atoms with Crippen LogP contribution in [0.4, 0.5) is 23.2 Å². The van der Waals surface area contributed by atoms with E-state index in [1.807, 2.05) is 0 Å². The van der Waals surface area contributed by atoms with Crippen molar-refractivity contribution in [3.63, 3.8) is 0 Å². The van der Waals surface area contributed by atoms with Crippen LogP contribution in [0.3, 0.4) is 0 Å². The Balaban J connectivity index is 1.93. The summed E-state index contributed by atoms with van der Waals surface area (Å²) in [5, 5.41) is 2.86. The lowest BCUT2D eigenvalue weighted by Gasteiger charge is -2.13. The number of sulfone groups is 1. The summed E-state index contributed by atoms with van der Waals surface area (Å²) < 4.78 is 80.4. The van der Waals surface area contributed by atoms with Gasteiger partial charge < -0.3 is 15.0 Å². The summed E-state index contributed by atoms with van der Waals surface area (Å²) in [6.45, 7) is 1.69. The molecule has 0 spiro atoms. The zero-order chi connectivity index (χ0) is 22.3. The average Bonchev–Trinajstić information content (AvgIpc) is 2.95. The normalized spacial score (nSPS) is 12.2. The van der Waals surface area contributed by atoms with Gasteiger partial charge in [0.2, 0.25) is 5.91 Å². The molecule has 0 saturated heterocycles. The number of carbonyl (C=O) groups is 1. The fraction of sp³-hybridized carbons (Fsp3) is 0.211. The summed E-state index contributed by atoms with van der Waals surface area (Å²) in [5.41, 5.74) is -4.00. The molecule has 160 valence electrons. The minimum absolute atomic E-state index is 0.0221. The van der Waals surface area contributed by atoms with Gasteiger partial charge in [-0.2, -0.15) is 13.2 Å². The van der Waals surface area contributed by atoms with E-state index in [9.17, 15) is 30.8 Å². The molecule has 0 aliphatic carbocycles. The van der Waals surface area contributed by atoms with Crippen molar-refractivity contribution >= 4 is 32.3 Å². The second-order valence-corrected chi connectivity index (χ2v) is 8.40. The lowest BCUT2D eigenvalue weighted by molar-refractivity contribution is -0.115. The zero-order valence-electron chi connectivity index (χ0n) is 15.7. The van der Waals surface area contributed by atoms with Gasteiger partial charge in [-0.3, -0.25) is 4.79 Å². The number of nitrogens with one attached hydrogen (secondary N) is 2. The highest BCUT2D eigenvalue weighted by Crippen LogP contribution is 2.35. The Morgan fingerprint density at radius 3 is 2.50 bits per heavy atom. The van der Waals surface area contributed by atoms with Crippen molar-refractivity contribution in [2.45, 2.75) is 23.7 Å². The number of ether oxygens (including phenoxy) is 1. The number of hydrogen-bond acceptors (Lipinski definition) is 4. The SMILES string of the molecule is COc1ccc(S(=O)(=O)C(F)(F)F)cc1NC(=O)Cc1c(C)[nH]c2ccc(F)cc12. The summed E-state index contributed by atoms with van der Waals surface area (Å²) in [6.07, 6.45) is -0.227. The molecule has 6 nitrogen and oxygen atoms in total. The molecule has 1 heterocycles. The Morgan fingerprint density at radius 2 is 1.87 bits per heavy atom. The number of fused-ring (bicyclic) bond motifs is 1. The van der Waals surface area contributed by atoms with Crippen molar-refractivity contribution in [1.29, 1.82) is 0 Å². The highest BCUT2D eigenvalue weighted by Gasteiger charge is 2.47. The van der Waals surface area contributed by atoms with Crippen molar-refractivity contribution in [3.8, 4) is 5.75 Å². The summed E-state index contributed by atoms with van der Waals surface area (Å²) in [4.78, 5) is 14.5. The van der Waals surface area contributed by atoms with Gasteiger partial charge in [0.1, 0.15) is 11.6 Å². The van der Waals surface area contributed by atoms with Gasteiger partial charge in [0, 0.05) is 16.6 Å². The number of anilines is 1. The highest BCUT2D eigenvalue weighted by atomic mass is 32.2. The summed E-state index contributed by atoms with van der Waals surface area (Å²) in [6, 6.07) is 6.48. The van der Waals surface area contributed by atoms with E-state index in [1.165, 1.54) is 25.3 Å². The van der Waals surface area contributed by atoms with E-state index in [-0.39, 0.29) is 17.9 Å². The molecule has 11 heteroatoms. The first-order chi connectivity index (χ1) is 13.9. The smallest absolute Gasteiger partial charge is 0.495 e. The van der Waals surface area contributed by atoms with E-state index < -0.39 is 32.0 Å². The molecule has 30 heavy (non-hydrogen) atoms. The molecule has 1 amide bonds. The molecule has 0 bridgehead atoms. The minimum Gasteiger partial charge on any atom is -0.495 e. The molecular weight excluding hydrogens is 428 g/mol. The van der Waals surface area contributed by atoms with Crippen LogP contribution in [0.5, 0.6) is 5.75 Å². The topological polar surface area (TPSA) is 88.3 Å². The van der Waals surface area contributed by atoms with Crippen molar-refractivity contribution in [3.05, 3.63) is 53.5 Å².